The van der Waals surface area contributed by atoms with E-state index in [-0.39, 0.29) is 23.3 Å². The average Bonchev–Trinajstić information content (AvgIpc) is 3.28. The average molecular weight is 511 g/mol. The lowest BCUT2D eigenvalue weighted by molar-refractivity contribution is 0.0673. The highest BCUT2D eigenvalue weighted by atomic mass is 19.1. The monoisotopic (exact) mass is 510 g/mol. The molecule has 5 rings (SSSR count). The first-order valence-corrected chi connectivity index (χ1v) is 13.4. The maximum Gasteiger partial charge on any atom is 0.319 e. The number of rotatable bonds is 6. The van der Waals surface area contributed by atoms with E-state index in [2.05, 4.69) is 39.6 Å². The van der Waals surface area contributed by atoms with Crippen molar-refractivity contribution in [3.63, 3.8) is 0 Å². The third kappa shape index (κ3) is 5.27. The van der Waals surface area contributed by atoms with Gasteiger partial charge in [-0.1, -0.05) is 12.1 Å². The molecular weight excluding hydrogens is 471 g/mol. The molecule has 1 aliphatic carbocycles. The summed E-state index contributed by atoms with van der Waals surface area (Å²) in [5, 5.41) is 5.99. The number of carbonyl (C=O) groups is 1. The minimum atomic E-state index is -0.366. The Bertz CT molecular complexity index is 1110. The van der Waals surface area contributed by atoms with Gasteiger partial charge in [0.05, 0.1) is 14.2 Å². The van der Waals surface area contributed by atoms with Crippen molar-refractivity contribution in [2.75, 3.05) is 46.2 Å². The van der Waals surface area contributed by atoms with Crippen LogP contribution in [0.1, 0.15) is 44.1 Å². The molecule has 2 aromatic carbocycles. The molecule has 8 heteroatoms. The quantitative estimate of drug-likeness (QED) is 0.594. The van der Waals surface area contributed by atoms with Crippen molar-refractivity contribution >= 4 is 11.7 Å². The van der Waals surface area contributed by atoms with Gasteiger partial charge in [-0.3, -0.25) is 4.90 Å². The molecule has 0 unspecified atom stereocenters. The summed E-state index contributed by atoms with van der Waals surface area (Å²) in [6, 6.07) is 13.1. The Morgan fingerprint density at radius 2 is 1.78 bits per heavy atom. The summed E-state index contributed by atoms with van der Waals surface area (Å²) in [4.78, 5) is 18.0. The molecule has 3 atom stereocenters. The van der Waals surface area contributed by atoms with Gasteiger partial charge in [-0.25, -0.2) is 9.18 Å². The number of hydrogen-bond acceptors (Lipinski definition) is 5. The van der Waals surface area contributed by atoms with Crippen LogP contribution in [0.15, 0.2) is 42.5 Å². The second-order valence-corrected chi connectivity index (χ2v) is 10.8. The highest BCUT2D eigenvalue weighted by Gasteiger charge is 2.53. The second-order valence-electron chi connectivity index (χ2n) is 10.8. The van der Waals surface area contributed by atoms with Crippen LogP contribution in [0.5, 0.6) is 11.5 Å². The van der Waals surface area contributed by atoms with E-state index in [1.54, 1.807) is 26.4 Å². The topological polar surface area (TPSA) is 66.1 Å². The fourth-order valence-corrected chi connectivity index (χ4v) is 6.88. The molecule has 1 saturated carbocycles. The van der Waals surface area contributed by atoms with Crippen molar-refractivity contribution in [3.8, 4) is 11.5 Å². The molecular formula is C29H39FN4O3. The van der Waals surface area contributed by atoms with Gasteiger partial charge in [-0.2, -0.15) is 0 Å². The third-order valence-electron chi connectivity index (χ3n) is 8.83. The maximum absolute atomic E-state index is 13.6. The smallest absolute Gasteiger partial charge is 0.319 e. The maximum atomic E-state index is 13.6. The highest BCUT2D eigenvalue weighted by Crippen LogP contribution is 2.51. The van der Waals surface area contributed by atoms with Gasteiger partial charge in [-0.05, 0) is 101 Å². The minimum absolute atomic E-state index is 0.0140. The molecule has 2 saturated heterocycles. The van der Waals surface area contributed by atoms with Gasteiger partial charge in [0.2, 0.25) is 0 Å². The van der Waals surface area contributed by atoms with Gasteiger partial charge < -0.3 is 25.0 Å². The number of anilines is 1. The van der Waals surface area contributed by atoms with Crippen LogP contribution in [0, 0.1) is 5.82 Å². The summed E-state index contributed by atoms with van der Waals surface area (Å²) < 4.78 is 24.8. The molecule has 2 aliphatic heterocycles. The molecule has 0 radical (unpaired) electrons. The van der Waals surface area contributed by atoms with Gasteiger partial charge in [0.15, 0.2) is 11.5 Å². The number of nitrogens with zero attached hydrogens (tertiary/aromatic N) is 2. The molecule has 3 aliphatic rings. The van der Waals surface area contributed by atoms with Crippen LogP contribution < -0.4 is 20.1 Å². The number of benzene rings is 2. The highest BCUT2D eigenvalue weighted by molar-refractivity contribution is 5.89. The number of carbonyl (C=O) groups excluding carboxylic acids is 1. The van der Waals surface area contributed by atoms with E-state index in [0.717, 1.165) is 56.8 Å². The number of likely N-dealkylation sites (tertiary alicyclic amines) is 2. The van der Waals surface area contributed by atoms with Crippen LogP contribution >= 0.6 is 0 Å². The van der Waals surface area contributed by atoms with Gasteiger partial charge in [0.25, 0.3) is 0 Å². The molecule has 37 heavy (non-hydrogen) atoms. The number of nitrogens with one attached hydrogen (secondary N) is 2. The number of amides is 2. The van der Waals surface area contributed by atoms with E-state index >= 15 is 0 Å². The molecule has 2 N–H and O–H groups in total. The summed E-state index contributed by atoms with van der Waals surface area (Å²) in [6.07, 6.45) is 6.21. The van der Waals surface area contributed by atoms with Gasteiger partial charge in [-0.15, -0.1) is 0 Å². The lowest BCUT2D eigenvalue weighted by Crippen LogP contribution is -2.56. The van der Waals surface area contributed by atoms with Crippen molar-refractivity contribution < 1.29 is 18.7 Å². The van der Waals surface area contributed by atoms with E-state index in [0.29, 0.717) is 17.8 Å². The lowest BCUT2D eigenvalue weighted by Gasteiger charge is -2.48. The van der Waals surface area contributed by atoms with Crippen LogP contribution in [-0.2, 0) is 5.41 Å². The van der Waals surface area contributed by atoms with Crippen molar-refractivity contribution in [2.45, 2.75) is 62.1 Å². The van der Waals surface area contributed by atoms with Crippen molar-refractivity contribution in [2.24, 2.45) is 0 Å². The van der Waals surface area contributed by atoms with E-state index < -0.39 is 0 Å². The molecule has 2 aromatic rings. The van der Waals surface area contributed by atoms with Crippen LogP contribution in [0.4, 0.5) is 14.9 Å². The zero-order valence-corrected chi connectivity index (χ0v) is 22.1. The normalized spacial score (nSPS) is 26.9. The first-order chi connectivity index (χ1) is 17.9. The fraction of sp³-hybridized carbons (Fsp3) is 0.552. The fourth-order valence-electron chi connectivity index (χ4n) is 6.88. The summed E-state index contributed by atoms with van der Waals surface area (Å²) in [6.45, 7) is 3.31. The molecule has 0 bridgehead atoms. The zero-order valence-electron chi connectivity index (χ0n) is 22.1. The summed E-state index contributed by atoms with van der Waals surface area (Å²) in [5.74, 6) is 1.14. The molecule has 0 aromatic heterocycles. The Labute approximate surface area is 219 Å². The Hall–Kier alpha value is -2.84. The largest absolute Gasteiger partial charge is 0.493 e. The summed E-state index contributed by atoms with van der Waals surface area (Å²) >= 11 is 0. The molecule has 3 fully saturated rings. The van der Waals surface area contributed by atoms with Crippen molar-refractivity contribution in [1.82, 2.24) is 15.1 Å². The minimum Gasteiger partial charge on any atom is -0.493 e. The van der Waals surface area contributed by atoms with E-state index in [4.69, 9.17) is 9.47 Å². The number of methoxy groups -OCH3 is 2. The van der Waals surface area contributed by atoms with Gasteiger partial charge in [0.1, 0.15) is 5.82 Å². The van der Waals surface area contributed by atoms with Crippen molar-refractivity contribution in [1.29, 1.82) is 0 Å². The SMILES string of the molecule is COc1ccc([C@@]23CC[C@H](NC(=O)Nc4cccc(F)c4)C[C@H]2N(C2CCN(C)CC2)CC3)cc1OC. The summed E-state index contributed by atoms with van der Waals surface area (Å²) in [5.41, 5.74) is 1.77. The lowest BCUT2D eigenvalue weighted by atomic mass is 9.65. The Morgan fingerprint density at radius 3 is 2.51 bits per heavy atom. The van der Waals surface area contributed by atoms with Crippen molar-refractivity contribution in [3.05, 3.63) is 53.8 Å². The molecule has 0 spiro atoms. The van der Waals surface area contributed by atoms with Gasteiger partial charge >= 0.3 is 6.03 Å². The number of piperidine rings is 1. The second kappa shape index (κ2) is 10.9. The Morgan fingerprint density at radius 1 is 1.00 bits per heavy atom. The van der Waals surface area contributed by atoms with Crippen LogP contribution in [0.3, 0.4) is 0 Å². The molecule has 200 valence electrons. The number of fused-ring (bicyclic) bond motifs is 1. The Kier molecular flexibility index (Phi) is 7.58. The third-order valence-corrected chi connectivity index (χ3v) is 8.83. The summed E-state index contributed by atoms with van der Waals surface area (Å²) in [7, 11) is 5.56. The standard InChI is InChI=1S/C29H39FN4O3/c1-33-14-10-24(11-15-33)34-16-13-29(20-7-8-25(36-2)26(17-20)37-3)12-9-23(19-27(29)34)32-28(35)31-22-6-4-5-21(30)18-22/h4-8,17-18,23-24,27H,9-16,19H2,1-3H3,(H2,31,32,35)/t23-,27+,29-/m0/s1. The van der Waals surface area contributed by atoms with Crippen LogP contribution in [-0.4, -0.2) is 74.9 Å². The van der Waals surface area contributed by atoms with Crippen LogP contribution in [0.25, 0.3) is 0 Å². The predicted molar refractivity (Wildman–Crippen MR) is 143 cm³/mol. The Balaban J connectivity index is 1.37. The molecule has 2 heterocycles. The van der Waals surface area contributed by atoms with E-state index in [1.807, 2.05) is 6.07 Å². The number of ether oxygens (including phenoxy) is 2. The van der Waals surface area contributed by atoms with E-state index in [9.17, 15) is 9.18 Å². The van der Waals surface area contributed by atoms with Crippen LogP contribution in [0.2, 0.25) is 0 Å². The first-order valence-electron chi connectivity index (χ1n) is 13.4. The van der Waals surface area contributed by atoms with Gasteiger partial charge in [0, 0.05) is 29.2 Å². The zero-order chi connectivity index (χ0) is 26.0. The predicted octanol–water partition coefficient (Wildman–Crippen LogP) is 4.62. The molecule has 7 nitrogen and oxygen atoms in total. The number of halogens is 1. The number of hydrogen-bond donors (Lipinski definition) is 2. The van der Waals surface area contributed by atoms with E-state index in [1.165, 1.54) is 30.5 Å². The molecule has 2 amide bonds. The first kappa shape index (κ1) is 25.8. The number of urea groups is 1.